The Kier molecular flexibility index (Phi) is 3.05. The molecule has 2 rings (SSSR count). The van der Waals surface area contributed by atoms with Gasteiger partial charge >= 0.3 is 5.97 Å². The molecule has 0 amide bonds. The van der Waals surface area contributed by atoms with Crippen molar-refractivity contribution >= 4 is 5.97 Å². The summed E-state index contributed by atoms with van der Waals surface area (Å²) < 4.78 is 26.2. The number of alkyl halides is 2. The van der Waals surface area contributed by atoms with Gasteiger partial charge in [-0.25, -0.2) is 18.3 Å². The molecule has 0 aromatic carbocycles. The largest absolute Gasteiger partial charge is 0.476 e. The Bertz CT molecular complexity index is 431. The minimum atomic E-state index is -2.98. The van der Waals surface area contributed by atoms with E-state index in [0.717, 1.165) is 17.5 Å². The van der Waals surface area contributed by atoms with Crippen molar-refractivity contribution in [3.8, 4) is 0 Å². The molecular formula is C9H11F2N3O3. The van der Waals surface area contributed by atoms with Gasteiger partial charge in [0.2, 0.25) is 0 Å². The summed E-state index contributed by atoms with van der Waals surface area (Å²) in [5, 5.41) is 24.8. The first-order valence-corrected chi connectivity index (χ1v) is 5.13. The summed E-state index contributed by atoms with van der Waals surface area (Å²) in [5.41, 5.74) is -1.51. The van der Waals surface area contributed by atoms with Crippen LogP contribution in [0, 0.1) is 5.92 Å². The van der Waals surface area contributed by atoms with Gasteiger partial charge in [0.05, 0.1) is 12.6 Å². The number of hydrogen-bond acceptors (Lipinski definition) is 4. The van der Waals surface area contributed by atoms with Gasteiger partial charge in [0.25, 0.3) is 6.43 Å². The van der Waals surface area contributed by atoms with Crippen LogP contribution < -0.4 is 0 Å². The van der Waals surface area contributed by atoms with E-state index >= 15 is 0 Å². The number of nitrogens with zero attached hydrogens (tertiary/aromatic N) is 3. The van der Waals surface area contributed by atoms with Gasteiger partial charge < -0.3 is 10.2 Å². The Morgan fingerprint density at radius 3 is 2.65 bits per heavy atom. The van der Waals surface area contributed by atoms with Gasteiger partial charge in [-0.1, -0.05) is 5.21 Å². The molecule has 1 saturated carbocycles. The van der Waals surface area contributed by atoms with Crippen molar-refractivity contribution in [3.05, 3.63) is 11.4 Å². The molecule has 94 valence electrons. The average molecular weight is 247 g/mol. The minimum Gasteiger partial charge on any atom is -0.476 e. The molecule has 1 heterocycles. The molecule has 1 aromatic rings. The van der Waals surface area contributed by atoms with Gasteiger partial charge in [-0.15, -0.1) is 5.10 Å². The van der Waals surface area contributed by atoms with Crippen LogP contribution >= 0.6 is 0 Å². The third kappa shape index (κ3) is 2.41. The van der Waals surface area contributed by atoms with Crippen molar-refractivity contribution in [3.63, 3.8) is 0 Å². The lowest BCUT2D eigenvalue weighted by molar-refractivity contribution is 0.0672. The molecule has 0 bridgehead atoms. The van der Waals surface area contributed by atoms with Crippen LogP contribution in [-0.4, -0.2) is 37.3 Å². The van der Waals surface area contributed by atoms with Crippen LogP contribution in [0.1, 0.15) is 35.4 Å². The lowest BCUT2D eigenvalue weighted by Crippen LogP contribution is -2.21. The molecule has 1 aromatic heterocycles. The SMILES string of the molecule is O=C(O)c1nnn(CC(O)C2CC2)c1C(F)F. The zero-order valence-electron chi connectivity index (χ0n) is 8.75. The lowest BCUT2D eigenvalue weighted by atomic mass is 10.2. The van der Waals surface area contributed by atoms with Crippen LogP contribution in [0.2, 0.25) is 0 Å². The summed E-state index contributed by atoms with van der Waals surface area (Å²) >= 11 is 0. The Morgan fingerprint density at radius 1 is 1.53 bits per heavy atom. The first-order chi connectivity index (χ1) is 8.00. The maximum Gasteiger partial charge on any atom is 0.358 e. The fourth-order valence-corrected chi connectivity index (χ4v) is 1.63. The van der Waals surface area contributed by atoms with E-state index in [1.54, 1.807) is 0 Å². The Balaban J connectivity index is 2.23. The fourth-order valence-electron chi connectivity index (χ4n) is 1.63. The first kappa shape index (κ1) is 11.9. The van der Waals surface area contributed by atoms with Gasteiger partial charge in [-0.05, 0) is 18.8 Å². The molecule has 0 radical (unpaired) electrons. The number of aliphatic hydroxyl groups is 1. The number of carbonyl (C=O) groups is 1. The van der Waals surface area contributed by atoms with Crippen molar-refractivity contribution < 1.29 is 23.8 Å². The van der Waals surface area contributed by atoms with Crippen LogP contribution in [0.5, 0.6) is 0 Å². The van der Waals surface area contributed by atoms with Crippen molar-refractivity contribution in [2.45, 2.75) is 31.9 Å². The predicted octanol–water partition coefficient (Wildman–Crippen LogP) is 0.685. The van der Waals surface area contributed by atoms with Crippen molar-refractivity contribution in [1.82, 2.24) is 15.0 Å². The van der Waals surface area contributed by atoms with Gasteiger partial charge in [0, 0.05) is 0 Å². The topological polar surface area (TPSA) is 88.2 Å². The zero-order chi connectivity index (χ0) is 12.6. The summed E-state index contributed by atoms with van der Waals surface area (Å²) in [4.78, 5) is 10.7. The number of aliphatic hydroxyl groups excluding tert-OH is 1. The summed E-state index contributed by atoms with van der Waals surface area (Å²) in [6, 6.07) is 0. The molecular weight excluding hydrogens is 236 g/mol. The first-order valence-electron chi connectivity index (χ1n) is 5.13. The number of halogens is 2. The van der Waals surface area contributed by atoms with Gasteiger partial charge in [-0.3, -0.25) is 0 Å². The van der Waals surface area contributed by atoms with E-state index in [1.807, 2.05) is 0 Å². The number of carboxylic acid groups (broad SMARTS) is 1. The zero-order valence-corrected chi connectivity index (χ0v) is 8.75. The maximum absolute atomic E-state index is 12.7. The molecule has 1 atom stereocenters. The average Bonchev–Trinajstić information content (AvgIpc) is 2.99. The lowest BCUT2D eigenvalue weighted by Gasteiger charge is -2.11. The maximum atomic E-state index is 12.7. The smallest absolute Gasteiger partial charge is 0.358 e. The second-order valence-electron chi connectivity index (χ2n) is 4.02. The second kappa shape index (κ2) is 4.36. The Morgan fingerprint density at radius 2 is 2.18 bits per heavy atom. The number of carboxylic acids is 1. The van der Waals surface area contributed by atoms with E-state index in [9.17, 15) is 18.7 Å². The summed E-state index contributed by atoms with van der Waals surface area (Å²) in [6.45, 7) is -0.148. The molecule has 0 aliphatic heterocycles. The second-order valence-corrected chi connectivity index (χ2v) is 4.02. The third-order valence-electron chi connectivity index (χ3n) is 2.71. The molecule has 8 heteroatoms. The van der Waals surface area contributed by atoms with Crippen molar-refractivity contribution in [2.24, 2.45) is 5.92 Å². The molecule has 0 saturated heterocycles. The highest BCUT2D eigenvalue weighted by Crippen LogP contribution is 2.33. The van der Waals surface area contributed by atoms with Gasteiger partial charge in [0.1, 0.15) is 5.69 Å². The van der Waals surface area contributed by atoms with E-state index in [-0.39, 0.29) is 12.5 Å². The van der Waals surface area contributed by atoms with Gasteiger partial charge in [-0.2, -0.15) is 0 Å². The third-order valence-corrected chi connectivity index (χ3v) is 2.71. The van der Waals surface area contributed by atoms with Crippen LogP contribution in [0.15, 0.2) is 0 Å². The standard InChI is InChI=1S/C9H11F2N3O3/c10-8(11)7-6(9(16)17)12-13-14(7)3-5(15)4-1-2-4/h4-5,8,15H,1-3H2,(H,16,17). The van der Waals surface area contributed by atoms with Crippen LogP contribution in [0.3, 0.4) is 0 Å². The van der Waals surface area contributed by atoms with E-state index in [4.69, 9.17) is 5.11 Å². The summed E-state index contributed by atoms with van der Waals surface area (Å²) in [7, 11) is 0. The van der Waals surface area contributed by atoms with Crippen LogP contribution in [0.25, 0.3) is 0 Å². The van der Waals surface area contributed by atoms with E-state index < -0.39 is 29.9 Å². The molecule has 2 N–H and O–H groups in total. The number of hydrogen-bond donors (Lipinski definition) is 2. The highest BCUT2D eigenvalue weighted by atomic mass is 19.3. The summed E-state index contributed by atoms with van der Waals surface area (Å²) in [6.07, 6.45) is -2.06. The summed E-state index contributed by atoms with van der Waals surface area (Å²) in [5.74, 6) is -1.45. The number of aromatic nitrogens is 3. The Hall–Kier alpha value is -1.57. The molecule has 0 spiro atoms. The van der Waals surface area contributed by atoms with Crippen LogP contribution in [0.4, 0.5) is 8.78 Å². The van der Waals surface area contributed by atoms with Gasteiger partial charge in [0.15, 0.2) is 5.69 Å². The normalized spacial score (nSPS) is 17.4. The van der Waals surface area contributed by atoms with Crippen LogP contribution in [-0.2, 0) is 6.54 Å². The molecule has 1 aliphatic carbocycles. The monoisotopic (exact) mass is 247 g/mol. The predicted molar refractivity (Wildman–Crippen MR) is 50.7 cm³/mol. The number of aromatic carboxylic acids is 1. The van der Waals surface area contributed by atoms with Crippen molar-refractivity contribution in [2.75, 3.05) is 0 Å². The van der Waals surface area contributed by atoms with E-state index in [2.05, 4.69) is 10.3 Å². The van der Waals surface area contributed by atoms with E-state index in [1.165, 1.54) is 0 Å². The van der Waals surface area contributed by atoms with E-state index in [0.29, 0.717) is 0 Å². The quantitative estimate of drug-likeness (QED) is 0.799. The molecule has 1 unspecified atom stereocenters. The minimum absolute atomic E-state index is 0.0954. The molecule has 17 heavy (non-hydrogen) atoms. The highest BCUT2D eigenvalue weighted by molar-refractivity contribution is 5.86. The van der Waals surface area contributed by atoms with Crippen molar-refractivity contribution in [1.29, 1.82) is 0 Å². The highest BCUT2D eigenvalue weighted by Gasteiger charge is 2.33. The molecule has 1 aliphatic rings. The number of rotatable bonds is 5. The fraction of sp³-hybridized carbons (Fsp3) is 0.667. The Labute approximate surface area is 94.9 Å². The molecule has 1 fully saturated rings. The molecule has 6 nitrogen and oxygen atoms in total.